The van der Waals surface area contributed by atoms with Gasteiger partial charge in [-0.2, -0.15) is 9.59 Å². The van der Waals surface area contributed by atoms with Crippen LogP contribution in [0.3, 0.4) is 0 Å². The number of carbonyl (C=O) groups excluding carboxylic acids is 4. The molecule has 0 radical (unpaired) electrons. The number of oxazole rings is 1. The minimum atomic E-state index is -1.00. The Morgan fingerprint density at radius 3 is 2.11 bits per heavy atom. The highest BCUT2D eigenvalue weighted by Gasteiger charge is 2.38. The molecule has 1 unspecified atom stereocenters. The van der Waals surface area contributed by atoms with Crippen molar-refractivity contribution in [1.82, 2.24) is 10.3 Å². The minimum Gasteiger partial charge on any atom is -0.464 e. The van der Waals surface area contributed by atoms with E-state index >= 15 is 0 Å². The molecule has 3 aromatic rings. The molecule has 0 saturated heterocycles. The number of hydrogen-bond acceptors (Lipinski definition) is 8. The van der Waals surface area contributed by atoms with E-state index in [1.165, 1.54) is 6.92 Å². The van der Waals surface area contributed by atoms with Crippen molar-refractivity contribution in [1.29, 1.82) is 0 Å². The molecule has 0 spiro atoms. The van der Waals surface area contributed by atoms with Crippen LogP contribution in [0.4, 0.5) is 0 Å². The van der Waals surface area contributed by atoms with E-state index in [9.17, 15) is 9.59 Å². The van der Waals surface area contributed by atoms with Gasteiger partial charge in [-0.1, -0.05) is 43.0 Å². The lowest BCUT2D eigenvalue weighted by Crippen LogP contribution is -2.54. The predicted molar refractivity (Wildman–Crippen MR) is 134 cm³/mol. The van der Waals surface area contributed by atoms with Crippen LogP contribution in [-0.2, 0) is 30.3 Å². The fourth-order valence-electron chi connectivity index (χ4n) is 3.64. The summed E-state index contributed by atoms with van der Waals surface area (Å²) in [5.74, 6) is 0.0412. The average molecular weight is 511 g/mol. The summed E-state index contributed by atoms with van der Waals surface area (Å²) in [4.78, 5) is 47.2. The van der Waals surface area contributed by atoms with Crippen LogP contribution in [0.1, 0.15) is 45.1 Å². The van der Waals surface area contributed by atoms with E-state index in [0.717, 1.165) is 26.6 Å². The number of aryl methyl sites for hydroxylation is 2. The van der Waals surface area contributed by atoms with E-state index in [1.807, 2.05) is 26.0 Å². The standard InChI is InChI=1S/C26H30N2O4S.CO2/c1-5-26(28-18(3)29,25(30)31-6-2)16-15-20-7-11-22(12-8-20)33-23-13-9-21(10-14-23)24-17-32-19(4)27-24;2-1-3/h7-14,17H,5-6,15-16H2,1-4H3,(H,28,29);. The normalized spacial score (nSPS) is 11.9. The van der Waals surface area contributed by atoms with Crippen LogP contribution >= 0.6 is 11.8 Å². The summed E-state index contributed by atoms with van der Waals surface area (Å²) in [6.45, 7) is 7.20. The van der Waals surface area contributed by atoms with Crippen molar-refractivity contribution in [2.24, 2.45) is 0 Å². The van der Waals surface area contributed by atoms with Crippen molar-refractivity contribution >= 4 is 29.8 Å². The van der Waals surface area contributed by atoms with E-state index in [4.69, 9.17) is 18.7 Å². The number of nitrogens with zero attached hydrogens (tertiary/aromatic N) is 1. The van der Waals surface area contributed by atoms with Gasteiger partial charge in [-0.25, -0.2) is 9.78 Å². The first kappa shape index (κ1) is 28.6. The molecule has 1 aromatic heterocycles. The molecule has 1 N–H and O–H groups in total. The number of nitrogens with one attached hydrogen (secondary N) is 1. The zero-order chi connectivity index (χ0) is 26.6. The molecule has 3 rings (SSSR count). The van der Waals surface area contributed by atoms with Gasteiger partial charge in [0.2, 0.25) is 5.91 Å². The zero-order valence-corrected chi connectivity index (χ0v) is 21.6. The summed E-state index contributed by atoms with van der Waals surface area (Å²) >= 11 is 1.68. The van der Waals surface area contributed by atoms with Gasteiger partial charge < -0.3 is 14.5 Å². The summed E-state index contributed by atoms with van der Waals surface area (Å²) in [6, 6.07) is 16.5. The number of esters is 1. The summed E-state index contributed by atoms with van der Waals surface area (Å²) in [5, 5.41) is 2.83. The van der Waals surface area contributed by atoms with E-state index < -0.39 is 5.54 Å². The molecular formula is C27H30N2O6S. The number of aromatic nitrogens is 1. The molecular weight excluding hydrogens is 480 g/mol. The fraction of sp³-hybridized carbons (Fsp3) is 0.333. The topological polar surface area (TPSA) is 116 Å². The van der Waals surface area contributed by atoms with Crippen LogP contribution in [0.25, 0.3) is 11.3 Å². The van der Waals surface area contributed by atoms with Crippen LogP contribution in [0.5, 0.6) is 0 Å². The molecule has 2 aromatic carbocycles. The Bertz CT molecular complexity index is 1170. The largest absolute Gasteiger partial charge is 0.464 e. The van der Waals surface area contributed by atoms with Crippen LogP contribution in [0.15, 0.2) is 69.0 Å². The van der Waals surface area contributed by atoms with Crippen LogP contribution in [0.2, 0.25) is 0 Å². The highest BCUT2D eigenvalue weighted by atomic mass is 32.2. The molecule has 9 heteroatoms. The Morgan fingerprint density at radius 2 is 1.64 bits per heavy atom. The van der Waals surface area contributed by atoms with Crippen molar-refractivity contribution in [2.45, 2.75) is 62.3 Å². The Morgan fingerprint density at radius 1 is 1.06 bits per heavy atom. The van der Waals surface area contributed by atoms with Gasteiger partial charge in [-0.3, -0.25) is 4.79 Å². The lowest BCUT2D eigenvalue weighted by atomic mass is 9.88. The number of hydrogen-bond donors (Lipinski definition) is 1. The molecule has 0 aliphatic carbocycles. The molecule has 8 nitrogen and oxygen atoms in total. The maximum atomic E-state index is 12.6. The van der Waals surface area contributed by atoms with E-state index in [0.29, 0.717) is 25.2 Å². The first-order valence-electron chi connectivity index (χ1n) is 11.5. The van der Waals surface area contributed by atoms with Crippen LogP contribution in [-0.4, -0.2) is 35.2 Å². The molecule has 0 fully saturated rings. The Kier molecular flexibility index (Phi) is 11.1. The van der Waals surface area contributed by atoms with Crippen molar-refractivity contribution in [3.8, 4) is 11.3 Å². The molecule has 36 heavy (non-hydrogen) atoms. The summed E-state index contributed by atoms with van der Waals surface area (Å²) in [7, 11) is 0. The van der Waals surface area contributed by atoms with Crippen molar-refractivity contribution in [3.05, 3.63) is 66.2 Å². The van der Waals surface area contributed by atoms with E-state index in [1.54, 1.807) is 24.9 Å². The van der Waals surface area contributed by atoms with Crippen LogP contribution < -0.4 is 5.32 Å². The Labute approximate surface area is 214 Å². The summed E-state index contributed by atoms with van der Waals surface area (Å²) in [6.07, 6.45) is 3.53. The van der Waals surface area contributed by atoms with Gasteiger partial charge in [0, 0.05) is 29.2 Å². The third-order valence-corrected chi connectivity index (χ3v) is 6.47. The monoisotopic (exact) mass is 510 g/mol. The van der Waals surface area contributed by atoms with E-state index in [2.05, 4.69) is 46.7 Å². The third kappa shape index (κ3) is 8.22. The lowest BCUT2D eigenvalue weighted by Gasteiger charge is -2.31. The number of benzene rings is 2. The maximum absolute atomic E-state index is 12.6. The smallest absolute Gasteiger partial charge is 0.373 e. The zero-order valence-electron chi connectivity index (χ0n) is 20.8. The molecule has 190 valence electrons. The van der Waals surface area contributed by atoms with Crippen molar-refractivity contribution in [3.63, 3.8) is 0 Å². The molecule has 0 aliphatic rings. The number of amides is 1. The SMILES string of the molecule is CCOC(=O)C(CC)(CCc1ccc(Sc2ccc(-c3coc(C)n3)cc2)cc1)NC(C)=O.O=C=O. The second kappa shape index (κ2) is 14.0. The predicted octanol–water partition coefficient (Wildman–Crippen LogP) is 5.00. The first-order chi connectivity index (χ1) is 17.3. The lowest BCUT2D eigenvalue weighted by molar-refractivity contribution is -0.191. The van der Waals surface area contributed by atoms with Gasteiger partial charge in [0.15, 0.2) is 5.89 Å². The molecule has 0 aliphatic heterocycles. The van der Waals surface area contributed by atoms with Gasteiger partial charge >= 0.3 is 12.1 Å². The second-order valence-corrected chi connectivity index (χ2v) is 9.09. The van der Waals surface area contributed by atoms with E-state index in [-0.39, 0.29) is 24.6 Å². The highest BCUT2D eigenvalue weighted by Crippen LogP contribution is 2.30. The van der Waals surface area contributed by atoms with Gasteiger partial charge in [0.25, 0.3) is 0 Å². The van der Waals surface area contributed by atoms with Crippen molar-refractivity contribution in [2.75, 3.05) is 6.61 Å². The maximum Gasteiger partial charge on any atom is 0.373 e. The second-order valence-electron chi connectivity index (χ2n) is 7.94. The van der Waals surface area contributed by atoms with Crippen molar-refractivity contribution < 1.29 is 28.3 Å². The number of ether oxygens (including phenoxy) is 1. The fourth-order valence-corrected chi connectivity index (χ4v) is 4.46. The molecule has 0 saturated carbocycles. The van der Waals surface area contributed by atoms with Gasteiger partial charge in [-0.15, -0.1) is 0 Å². The first-order valence-corrected chi connectivity index (χ1v) is 12.3. The number of carbonyl (C=O) groups is 2. The Balaban J connectivity index is 0.00000145. The summed E-state index contributed by atoms with van der Waals surface area (Å²) < 4.78 is 10.5. The minimum absolute atomic E-state index is 0.235. The van der Waals surface area contributed by atoms with Crippen LogP contribution in [0, 0.1) is 6.92 Å². The van der Waals surface area contributed by atoms with Gasteiger partial charge in [0.1, 0.15) is 17.5 Å². The van der Waals surface area contributed by atoms with Gasteiger partial charge in [0.05, 0.1) is 6.61 Å². The average Bonchev–Trinajstić information content (AvgIpc) is 3.30. The van der Waals surface area contributed by atoms with Gasteiger partial charge in [-0.05, 0) is 56.0 Å². The molecule has 1 heterocycles. The Hall–Kier alpha value is -3.68. The quantitative estimate of drug-likeness (QED) is 0.379. The summed E-state index contributed by atoms with van der Waals surface area (Å²) in [5.41, 5.74) is 1.95. The highest BCUT2D eigenvalue weighted by molar-refractivity contribution is 7.99. The number of rotatable bonds is 10. The molecule has 1 atom stereocenters. The molecule has 1 amide bonds. The molecule has 0 bridgehead atoms. The third-order valence-electron chi connectivity index (χ3n) is 5.45.